The number of likely N-dealkylation sites (N-methyl/N-ethyl adjacent to an activating group) is 1. The molecule has 0 spiro atoms. The van der Waals surface area contributed by atoms with E-state index in [1.165, 1.54) is 58.5 Å². The van der Waals surface area contributed by atoms with Crippen molar-refractivity contribution in [3.63, 3.8) is 0 Å². The highest BCUT2D eigenvalue weighted by Crippen LogP contribution is 2.21. The molecule has 2 saturated heterocycles. The van der Waals surface area contributed by atoms with Gasteiger partial charge in [-0.2, -0.15) is 0 Å². The van der Waals surface area contributed by atoms with Gasteiger partial charge in [0, 0.05) is 18.6 Å². The molecule has 1 atom stereocenters. The molecule has 2 aliphatic rings. The Hall–Kier alpha value is -0.120. The van der Waals surface area contributed by atoms with Crippen molar-refractivity contribution < 1.29 is 0 Å². The van der Waals surface area contributed by atoms with E-state index in [2.05, 4.69) is 35.9 Å². The molecule has 3 heteroatoms. The number of hydrogen-bond acceptors (Lipinski definition) is 3. The lowest BCUT2D eigenvalue weighted by atomic mass is 9.99. The number of nitrogens with one attached hydrogen (secondary N) is 1. The minimum absolute atomic E-state index is 0.757. The van der Waals surface area contributed by atoms with Crippen molar-refractivity contribution in [2.24, 2.45) is 5.92 Å². The van der Waals surface area contributed by atoms with Crippen molar-refractivity contribution in [3.05, 3.63) is 0 Å². The summed E-state index contributed by atoms with van der Waals surface area (Å²) in [5, 5.41) is 3.49. The smallest absolute Gasteiger partial charge is 0.0246 e. The van der Waals surface area contributed by atoms with Crippen LogP contribution in [0.4, 0.5) is 0 Å². The summed E-state index contributed by atoms with van der Waals surface area (Å²) in [5.41, 5.74) is 0. The summed E-state index contributed by atoms with van der Waals surface area (Å²) in [6.45, 7) is 14.6. The van der Waals surface area contributed by atoms with E-state index in [1.807, 2.05) is 0 Å². The van der Waals surface area contributed by atoms with Crippen LogP contribution in [0.25, 0.3) is 0 Å². The van der Waals surface area contributed by atoms with E-state index < -0.39 is 0 Å². The van der Waals surface area contributed by atoms with Crippen LogP contribution in [-0.2, 0) is 0 Å². The summed E-state index contributed by atoms with van der Waals surface area (Å²) in [7, 11) is 0. The van der Waals surface area contributed by atoms with Crippen molar-refractivity contribution in [1.29, 1.82) is 0 Å². The molecule has 0 aromatic carbocycles. The summed E-state index contributed by atoms with van der Waals surface area (Å²) in [5.74, 6) is 0.771. The summed E-state index contributed by atoms with van der Waals surface area (Å²) < 4.78 is 0. The Labute approximate surface area is 113 Å². The van der Waals surface area contributed by atoms with Crippen LogP contribution in [-0.4, -0.2) is 61.2 Å². The minimum Gasteiger partial charge on any atom is -0.317 e. The van der Waals surface area contributed by atoms with Crippen LogP contribution in [0.3, 0.4) is 0 Å². The van der Waals surface area contributed by atoms with Gasteiger partial charge in [0.05, 0.1) is 0 Å². The van der Waals surface area contributed by atoms with Gasteiger partial charge in [0.1, 0.15) is 0 Å². The first-order valence-corrected chi connectivity index (χ1v) is 7.91. The molecule has 2 rings (SSSR count). The van der Waals surface area contributed by atoms with Crippen LogP contribution < -0.4 is 5.32 Å². The molecule has 0 aromatic rings. The lowest BCUT2D eigenvalue weighted by Gasteiger charge is -2.38. The molecule has 0 radical (unpaired) electrons. The fourth-order valence-electron chi connectivity index (χ4n) is 3.62. The molecule has 1 N–H and O–H groups in total. The van der Waals surface area contributed by atoms with Gasteiger partial charge in [-0.25, -0.2) is 0 Å². The van der Waals surface area contributed by atoms with Gasteiger partial charge in [-0.3, -0.25) is 9.80 Å². The zero-order chi connectivity index (χ0) is 13.0. The second kappa shape index (κ2) is 6.88. The molecule has 0 aromatic heterocycles. The number of piperidine rings is 1. The van der Waals surface area contributed by atoms with Gasteiger partial charge >= 0.3 is 0 Å². The second-order valence-corrected chi connectivity index (χ2v) is 6.27. The van der Waals surface area contributed by atoms with E-state index in [1.54, 1.807) is 0 Å². The van der Waals surface area contributed by atoms with E-state index in [9.17, 15) is 0 Å². The highest BCUT2D eigenvalue weighted by molar-refractivity contribution is 4.86. The number of nitrogens with zero attached hydrogens (tertiary/aromatic N) is 2. The Morgan fingerprint density at radius 1 is 1.17 bits per heavy atom. The molecule has 0 amide bonds. The number of rotatable bonds is 3. The predicted octanol–water partition coefficient (Wildman–Crippen LogP) is 1.79. The zero-order valence-corrected chi connectivity index (χ0v) is 12.5. The lowest BCUT2D eigenvalue weighted by Crippen LogP contribution is -2.49. The Balaban J connectivity index is 1.99. The van der Waals surface area contributed by atoms with Crippen LogP contribution in [0.1, 0.15) is 40.0 Å². The standard InChI is InChI=1S/C15H31N3/c1-4-17-10-5-11-18(12-15(17)13(2)3)14-6-8-16-9-7-14/h13-16H,4-12H2,1-3H3. The van der Waals surface area contributed by atoms with Crippen LogP contribution >= 0.6 is 0 Å². The van der Waals surface area contributed by atoms with Crippen LogP contribution in [0.5, 0.6) is 0 Å². The van der Waals surface area contributed by atoms with E-state index in [0.29, 0.717) is 0 Å². The molecule has 2 aliphatic heterocycles. The predicted molar refractivity (Wildman–Crippen MR) is 78.0 cm³/mol. The Morgan fingerprint density at radius 2 is 1.89 bits per heavy atom. The van der Waals surface area contributed by atoms with Crippen molar-refractivity contribution in [2.45, 2.75) is 52.1 Å². The molecule has 0 bridgehead atoms. The van der Waals surface area contributed by atoms with Crippen molar-refractivity contribution >= 4 is 0 Å². The van der Waals surface area contributed by atoms with Gasteiger partial charge < -0.3 is 5.32 Å². The fourth-order valence-corrected chi connectivity index (χ4v) is 3.62. The maximum absolute atomic E-state index is 3.49. The maximum atomic E-state index is 3.49. The molecular formula is C15H31N3. The summed E-state index contributed by atoms with van der Waals surface area (Å²) >= 11 is 0. The molecule has 0 saturated carbocycles. The van der Waals surface area contributed by atoms with E-state index >= 15 is 0 Å². The fraction of sp³-hybridized carbons (Fsp3) is 1.00. The summed E-state index contributed by atoms with van der Waals surface area (Å²) in [6.07, 6.45) is 4.04. The maximum Gasteiger partial charge on any atom is 0.0246 e. The Bertz CT molecular complexity index is 236. The average Bonchev–Trinajstić information content (AvgIpc) is 2.62. The van der Waals surface area contributed by atoms with Crippen molar-refractivity contribution in [3.8, 4) is 0 Å². The molecule has 18 heavy (non-hydrogen) atoms. The molecule has 2 fully saturated rings. The summed E-state index contributed by atoms with van der Waals surface area (Å²) in [6, 6.07) is 1.59. The molecule has 106 valence electrons. The van der Waals surface area contributed by atoms with Gasteiger partial charge in [0.15, 0.2) is 0 Å². The van der Waals surface area contributed by atoms with Crippen LogP contribution in [0.2, 0.25) is 0 Å². The third-order valence-electron chi connectivity index (χ3n) is 4.78. The highest BCUT2D eigenvalue weighted by atomic mass is 15.3. The zero-order valence-electron chi connectivity index (χ0n) is 12.5. The third-order valence-corrected chi connectivity index (χ3v) is 4.78. The molecule has 3 nitrogen and oxygen atoms in total. The molecular weight excluding hydrogens is 222 g/mol. The topological polar surface area (TPSA) is 18.5 Å². The molecule has 0 aliphatic carbocycles. The monoisotopic (exact) mass is 253 g/mol. The van der Waals surface area contributed by atoms with Crippen molar-refractivity contribution in [2.75, 3.05) is 39.3 Å². The first kappa shape index (κ1) is 14.3. The molecule has 2 heterocycles. The van der Waals surface area contributed by atoms with Crippen molar-refractivity contribution in [1.82, 2.24) is 15.1 Å². The second-order valence-electron chi connectivity index (χ2n) is 6.27. The van der Waals surface area contributed by atoms with Gasteiger partial charge in [-0.15, -0.1) is 0 Å². The van der Waals surface area contributed by atoms with Crippen LogP contribution in [0.15, 0.2) is 0 Å². The normalized spacial score (nSPS) is 29.7. The summed E-state index contributed by atoms with van der Waals surface area (Å²) in [4.78, 5) is 5.49. The first-order chi connectivity index (χ1) is 8.72. The van der Waals surface area contributed by atoms with E-state index in [-0.39, 0.29) is 0 Å². The Kier molecular flexibility index (Phi) is 5.46. The van der Waals surface area contributed by atoms with Gasteiger partial charge in [0.25, 0.3) is 0 Å². The van der Waals surface area contributed by atoms with Gasteiger partial charge in [-0.1, -0.05) is 20.8 Å². The van der Waals surface area contributed by atoms with Crippen LogP contribution in [0, 0.1) is 5.92 Å². The Morgan fingerprint density at radius 3 is 2.50 bits per heavy atom. The third kappa shape index (κ3) is 3.46. The van der Waals surface area contributed by atoms with Gasteiger partial charge in [0.2, 0.25) is 0 Å². The first-order valence-electron chi connectivity index (χ1n) is 7.91. The number of hydrogen-bond donors (Lipinski definition) is 1. The minimum atomic E-state index is 0.757. The molecule has 1 unspecified atom stereocenters. The average molecular weight is 253 g/mol. The SMILES string of the molecule is CCN1CCCN(C2CCNCC2)CC1C(C)C. The van der Waals surface area contributed by atoms with E-state index in [4.69, 9.17) is 0 Å². The largest absolute Gasteiger partial charge is 0.317 e. The van der Waals surface area contributed by atoms with E-state index in [0.717, 1.165) is 18.0 Å². The highest BCUT2D eigenvalue weighted by Gasteiger charge is 2.30. The lowest BCUT2D eigenvalue weighted by molar-refractivity contribution is 0.111. The quantitative estimate of drug-likeness (QED) is 0.827. The van der Waals surface area contributed by atoms with Gasteiger partial charge in [-0.05, 0) is 57.9 Å².